The van der Waals surface area contributed by atoms with Crippen molar-refractivity contribution in [3.05, 3.63) is 28.7 Å². The number of aliphatic imine (C=N–C) groups is 1. The molecule has 0 atom stereocenters. The topological polar surface area (TPSA) is 38.7 Å². The average Bonchev–Trinajstić information content (AvgIpc) is 2.17. The van der Waals surface area contributed by atoms with Gasteiger partial charge in [0.05, 0.1) is 0 Å². The van der Waals surface area contributed by atoms with Crippen molar-refractivity contribution in [1.82, 2.24) is 0 Å². The Bertz CT molecular complexity index is 367. The highest BCUT2D eigenvalue weighted by Crippen LogP contribution is 2.18. The van der Waals surface area contributed by atoms with E-state index >= 15 is 0 Å². The zero-order chi connectivity index (χ0) is 11.3. The Labute approximate surface area is 97.3 Å². The molecule has 0 aliphatic heterocycles. The van der Waals surface area contributed by atoms with Crippen LogP contribution in [0.5, 0.6) is 5.75 Å². The second kappa shape index (κ2) is 5.10. The van der Waals surface area contributed by atoms with Crippen LogP contribution in [0.3, 0.4) is 0 Å². The number of halogens is 1. The number of carbonyl (C=O) groups excluding carboxylic acids is 1. The van der Waals surface area contributed by atoms with Gasteiger partial charge in [-0.3, -0.25) is 0 Å². The Hall–Kier alpha value is -1.12. The van der Waals surface area contributed by atoms with Crippen LogP contribution in [0.25, 0.3) is 0 Å². The molecule has 1 rings (SSSR count). The van der Waals surface area contributed by atoms with Crippen molar-refractivity contribution in [2.24, 2.45) is 4.99 Å². The van der Waals surface area contributed by atoms with E-state index in [1.54, 1.807) is 6.08 Å². The summed E-state index contributed by atoms with van der Waals surface area (Å²) in [5.41, 5.74) is -0.533. The maximum atomic E-state index is 10.1. The Balaban J connectivity index is 2.57. The number of nitrogens with zero attached hydrogens (tertiary/aromatic N) is 1. The number of ether oxygens (including phenoxy) is 1. The maximum absolute atomic E-state index is 10.1. The van der Waals surface area contributed by atoms with Gasteiger partial charge in [0.25, 0.3) is 0 Å². The van der Waals surface area contributed by atoms with E-state index in [9.17, 15) is 4.79 Å². The molecule has 0 aliphatic carbocycles. The van der Waals surface area contributed by atoms with Crippen molar-refractivity contribution >= 4 is 22.0 Å². The lowest BCUT2D eigenvalue weighted by atomic mass is 10.1. The van der Waals surface area contributed by atoms with Crippen LogP contribution in [-0.2, 0) is 4.79 Å². The summed E-state index contributed by atoms with van der Waals surface area (Å²) in [7, 11) is 0. The Kier molecular flexibility index (Phi) is 4.06. The van der Waals surface area contributed by atoms with E-state index in [0.717, 1.165) is 10.2 Å². The minimum absolute atomic E-state index is 0.351. The van der Waals surface area contributed by atoms with E-state index in [0.29, 0.717) is 6.61 Å². The highest BCUT2D eigenvalue weighted by Gasteiger charge is 2.17. The third kappa shape index (κ3) is 4.28. The predicted octanol–water partition coefficient (Wildman–Crippen LogP) is 2.94. The van der Waals surface area contributed by atoms with Gasteiger partial charge in [-0.15, -0.1) is 0 Å². The van der Waals surface area contributed by atoms with Gasteiger partial charge < -0.3 is 4.74 Å². The van der Waals surface area contributed by atoms with Crippen molar-refractivity contribution in [2.75, 3.05) is 6.61 Å². The first-order chi connectivity index (χ1) is 7.03. The lowest BCUT2D eigenvalue weighted by Gasteiger charge is -2.17. The van der Waals surface area contributed by atoms with Crippen LogP contribution in [0, 0.1) is 0 Å². The predicted molar refractivity (Wildman–Crippen MR) is 61.8 cm³/mol. The summed E-state index contributed by atoms with van der Waals surface area (Å²) in [6, 6.07) is 7.49. The largest absolute Gasteiger partial charge is 0.491 e. The van der Waals surface area contributed by atoms with Crippen LogP contribution in [0.2, 0.25) is 0 Å². The second-order valence-electron chi connectivity index (χ2n) is 3.76. The van der Waals surface area contributed by atoms with Crippen LogP contribution in [0.4, 0.5) is 0 Å². The second-order valence-corrected chi connectivity index (χ2v) is 4.67. The van der Waals surface area contributed by atoms with Gasteiger partial charge in [-0.1, -0.05) is 15.9 Å². The van der Waals surface area contributed by atoms with E-state index < -0.39 is 5.54 Å². The summed E-state index contributed by atoms with van der Waals surface area (Å²) in [6.45, 7) is 3.98. The summed E-state index contributed by atoms with van der Waals surface area (Å²) in [4.78, 5) is 13.8. The van der Waals surface area contributed by atoms with E-state index in [4.69, 9.17) is 4.74 Å². The Morgan fingerprint density at radius 2 is 2.00 bits per heavy atom. The van der Waals surface area contributed by atoms with Crippen molar-refractivity contribution < 1.29 is 9.53 Å². The molecule has 0 saturated heterocycles. The minimum atomic E-state index is -0.533. The van der Waals surface area contributed by atoms with Gasteiger partial charge in [-0.05, 0) is 38.1 Å². The molecule has 80 valence electrons. The van der Waals surface area contributed by atoms with Gasteiger partial charge in [0, 0.05) is 4.47 Å². The first-order valence-electron chi connectivity index (χ1n) is 4.51. The van der Waals surface area contributed by atoms with Gasteiger partial charge in [0.2, 0.25) is 6.08 Å². The fraction of sp³-hybridized carbons (Fsp3) is 0.364. The smallest absolute Gasteiger partial charge is 0.235 e. The van der Waals surface area contributed by atoms with Gasteiger partial charge in [-0.2, -0.15) is 4.99 Å². The third-order valence-electron chi connectivity index (χ3n) is 1.75. The summed E-state index contributed by atoms with van der Waals surface area (Å²) in [6.07, 6.45) is 1.54. The minimum Gasteiger partial charge on any atom is -0.491 e. The third-order valence-corrected chi connectivity index (χ3v) is 2.28. The number of isocyanates is 1. The van der Waals surface area contributed by atoms with Gasteiger partial charge in [-0.25, -0.2) is 4.79 Å². The molecule has 1 aromatic carbocycles. The van der Waals surface area contributed by atoms with E-state index in [1.165, 1.54) is 0 Å². The molecule has 3 nitrogen and oxygen atoms in total. The first kappa shape index (κ1) is 12.0. The Morgan fingerprint density at radius 1 is 1.40 bits per heavy atom. The van der Waals surface area contributed by atoms with Gasteiger partial charge >= 0.3 is 0 Å². The molecule has 0 saturated carbocycles. The monoisotopic (exact) mass is 269 g/mol. The molecule has 0 aromatic heterocycles. The zero-order valence-electron chi connectivity index (χ0n) is 8.66. The highest BCUT2D eigenvalue weighted by molar-refractivity contribution is 9.10. The van der Waals surface area contributed by atoms with Crippen molar-refractivity contribution in [3.63, 3.8) is 0 Å². The number of rotatable bonds is 4. The van der Waals surface area contributed by atoms with Gasteiger partial charge in [0.15, 0.2) is 0 Å². The van der Waals surface area contributed by atoms with E-state index in [2.05, 4.69) is 20.9 Å². The number of hydrogen-bond acceptors (Lipinski definition) is 3. The maximum Gasteiger partial charge on any atom is 0.235 e. The molecular formula is C11H12BrNO2. The molecule has 15 heavy (non-hydrogen) atoms. The van der Waals surface area contributed by atoms with Crippen molar-refractivity contribution in [1.29, 1.82) is 0 Å². The molecule has 0 aliphatic rings. The zero-order valence-corrected chi connectivity index (χ0v) is 10.2. The molecule has 0 amide bonds. The molecular weight excluding hydrogens is 258 g/mol. The van der Waals surface area contributed by atoms with Crippen LogP contribution in [0.1, 0.15) is 13.8 Å². The molecule has 0 bridgehead atoms. The lowest BCUT2D eigenvalue weighted by Crippen LogP contribution is -2.26. The first-order valence-corrected chi connectivity index (χ1v) is 5.30. The molecule has 0 fully saturated rings. The van der Waals surface area contributed by atoms with E-state index in [1.807, 2.05) is 38.1 Å². The van der Waals surface area contributed by atoms with Crippen LogP contribution < -0.4 is 4.74 Å². The molecule has 1 aromatic rings. The molecule has 0 spiro atoms. The quantitative estimate of drug-likeness (QED) is 0.623. The highest BCUT2D eigenvalue weighted by atomic mass is 79.9. The Morgan fingerprint density at radius 3 is 2.53 bits per heavy atom. The molecule has 0 unspecified atom stereocenters. The normalized spacial score (nSPS) is 10.6. The van der Waals surface area contributed by atoms with Crippen LogP contribution in [-0.4, -0.2) is 18.2 Å². The molecule has 0 N–H and O–H groups in total. The molecule has 0 heterocycles. The van der Waals surface area contributed by atoms with Crippen molar-refractivity contribution in [3.8, 4) is 5.75 Å². The van der Waals surface area contributed by atoms with Crippen LogP contribution >= 0.6 is 15.9 Å². The molecule has 0 radical (unpaired) electrons. The summed E-state index contributed by atoms with van der Waals surface area (Å²) in [5, 5.41) is 0. The fourth-order valence-corrected chi connectivity index (χ4v) is 1.21. The standard InChI is InChI=1S/C11H12BrNO2/c1-11(2,13-8-14)7-15-10-5-3-9(12)4-6-10/h3-6H,7H2,1-2H3. The summed E-state index contributed by atoms with van der Waals surface area (Å²) >= 11 is 3.34. The van der Waals surface area contributed by atoms with Crippen LogP contribution in [0.15, 0.2) is 33.7 Å². The molecule has 4 heteroatoms. The van der Waals surface area contributed by atoms with Gasteiger partial charge in [0.1, 0.15) is 17.9 Å². The lowest BCUT2D eigenvalue weighted by molar-refractivity contribution is 0.244. The summed E-state index contributed by atoms with van der Waals surface area (Å²) < 4.78 is 6.48. The summed E-state index contributed by atoms with van der Waals surface area (Å²) in [5.74, 6) is 0.757. The fourth-order valence-electron chi connectivity index (χ4n) is 0.947. The SMILES string of the molecule is CC(C)(COc1ccc(Br)cc1)N=C=O. The number of benzene rings is 1. The number of hydrogen-bond donors (Lipinski definition) is 0. The van der Waals surface area contributed by atoms with Crippen molar-refractivity contribution in [2.45, 2.75) is 19.4 Å². The average molecular weight is 270 g/mol. The van der Waals surface area contributed by atoms with E-state index in [-0.39, 0.29) is 0 Å².